The standard InChI is InChI=1S/C26H27BrFNO4/c1-16(2)24-15-23(18-4-3-5-19(27)12-18)26(17-6-8-20(28)9-7-17)29(24)11-10-21(30)13-22(31)14-25(32)33/h3-12,15-16,21-22,30-31H,13-14H2,1-2H3,(H,32,33)/b11-10+/t21-,22-/m1/s1. The number of halogens is 2. The Balaban J connectivity index is 2.11. The predicted octanol–water partition coefficient (Wildman–Crippen LogP) is 5.90. The zero-order valence-electron chi connectivity index (χ0n) is 18.5. The molecule has 3 aromatic rings. The fourth-order valence-electron chi connectivity index (χ4n) is 3.76. The van der Waals surface area contributed by atoms with Gasteiger partial charge in [-0.3, -0.25) is 4.79 Å². The summed E-state index contributed by atoms with van der Waals surface area (Å²) in [5, 5.41) is 29.0. The normalized spacial score (nSPS) is 13.5. The van der Waals surface area contributed by atoms with Crippen LogP contribution in [0.2, 0.25) is 0 Å². The van der Waals surface area contributed by atoms with Gasteiger partial charge >= 0.3 is 5.97 Å². The first-order valence-corrected chi connectivity index (χ1v) is 11.5. The Hall–Kier alpha value is -2.74. The number of hydrogen-bond acceptors (Lipinski definition) is 3. The molecule has 0 aliphatic rings. The molecule has 0 radical (unpaired) electrons. The quantitative estimate of drug-likeness (QED) is 0.331. The number of rotatable bonds is 9. The molecule has 1 heterocycles. The molecule has 0 fully saturated rings. The largest absolute Gasteiger partial charge is 0.481 e. The summed E-state index contributed by atoms with van der Waals surface area (Å²) in [7, 11) is 0. The van der Waals surface area contributed by atoms with Crippen LogP contribution in [-0.4, -0.2) is 38.1 Å². The Kier molecular flexibility index (Phi) is 8.24. The number of hydrogen-bond donors (Lipinski definition) is 3. The van der Waals surface area contributed by atoms with Crippen LogP contribution in [0.5, 0.6) is 0 Å². The Morgan fingerprint density at radius 1 is 1.09 bits per heavy atom. The predicted molar refractivity (Wildman–Crippen MR) is 131 cm³/mol. The minimum Gasteiger partial charge on any atom is -0.481 e. The number of aliphatic hydroxyl groups is 2. The molecule has 0 aliphatic heterocycles. The summed E-state index contributed by atoms with van der Waals surface area (Å²) in [6.45, 7) is 4.12. The minimum absolute atomic E-state index is 0.0918. The summed E-state index contributed by atoms with van der Waals surface area (Å²) in [4.78, 5) is 10.8. The lowest BCUT2D eigenvalue weighted by atomic mass is 10.0. The Labute approximate surface area is 201 Å². The number of carboxylic acids is 1. The first kappa shape index (κ1) is 24.9. The molecule has 0 aliphatic carbocycles. The highest BCUT2D eigenvalue weighted by Crippen LogP contribution is 2.38. The summed E-state index contributed by atoms with van der Waals surface area (Å²) in [5.41, 5.74) is 4.57. The van der Waals surface area contributed by atoms with Gasteiger partial charge in [0.05, 0.1) is 24.3 Å². The monoisotopic (exact) mass is 515 g/mol. The number of aliphatic carboxylic acids is 1. The van der Waals surface area contributed by atoms with Crippen LogP contribution < -0.4 is 0 Å². The van der Waals surface area contributed by atoms with E-state index in [1.165, 1.54) is 18.2 Å². The summed E-state index contributed by atoms with van der Waals surface area (Å²) in [5.74, 6) is -1.31. The second kappa shape index (κ2) is 10.9. The smallest absolute Gasteiger partial charge is 0.305 e. The van der Waals surface area contributed by atoms with Crippen LogP contribution >= 0.6 is 15.9 Å². The van der Waals surface area contributed by atoms with E-state index in [2.05, 4.69) is 35.8 Å². The van der Waals surface area contributed by atoms with E-state index in [1.807, 2.05) is 28.8 Å². The molecule has 3 rings (SSSR count). The van der Waals surface area contributed by atoms with E-state index < -0.39 is 24.6 Å². The second-order valence-corrected chi connectivity index (χ2v) is 9.19. The maximum atomic E-state index is 13.7. The number of aromatic nitrogens is 1. The maximum Gasteiger partial charge on any atom is 0.305 e. The summed E-state index contributed by atoms with van der Waals surface area (Å²) in [6, 6.07) is 16.2. The molecular weight excluding hydrogens is 489 g/mol. The number of carboxylic acid groups (broad SMARTS) is 1. The van der Waals surface area contributed by atoms with Crippen molar-refractivity contribution in [3.8, 4) is 22.4 Å². The van der Waals surface area contributed by atoms with E-state index in [0.29, 0.717) is 0 Å². The highest BCUT2D eigenvalue weighted by molar-refractivity contribution is 9.10. The van der Waals surface area contributed by atoms with E-state index in [9.17, 15) is 19.4 Å². The molecule has 1 aromatic heterocycles. The van der Waals surface area contributed by atoms with Gasteiger partial charge in [-0.05, 0) is 65.6 Å². The summed E-state index contributed by atoms with van der Waals surface area (Å²) >= 11 is 3.52. The van der Waals surface area contributed by atoms with Crippen molar-refractivity contribution in [3.63, 3.8) is 0 Å². The Morgan fingerprint density at radius 2 is 1.79 bits per heavy atom. The fourth-order valence-corrected chi connectivity index (χ4v) is 4.16. The number of carbonyl (C=O) groups is 1. The average molecular weight is 516 g/mol. The molecule has 0 saturated carbocycles. The van der Waals surface area contributed by atoms with E-state index in [1.54, 1.807) is 18.3 Å². The Morgan fingerprint density at radius 3 is 2.39 bits per heavy atom. The van der Waals surface area contributed by atoms with Crippen LogP contribution in [0.25, 0.3) is 28.6 Å². The lowest BCUT2D eigenvalue weighted by Crippen LogP contribution is -2.19. The van der Waals surface area contributed by atoms with Gasteiger partial charge in [-0.25, -0.2) is 4.39 Å². The van der Waals surface area contributed by atoms with Gasteiger partial charge in [0.25, 0.3) is 0 Å². The molecule has 5 nitrogen and oxygen atoms in total. The molecule has 3 N–H and O–H groups in total. The van der Waals surface area contributed by atoms with Gasteiger partial charge in [0.15, 0.2) is 0 Å². The highest BCUT2D eigenvalue weighted by atomic mass is 79.9. The maximum absolute atomic E-state index is 13.7. The zero-order valence-corrected chi connectivity index (χ0v) is 20.0. The molecule has 0 saturated heterocycles. The van der Waals surface area contributed by atoms with Gasteiger partial charge in [0, 0.05) is 28.4 Å². The van der Waals surface area contributed by atoms with Gasteiger partial charge in [0.2, 0.25) is 0 Å². The molecule has 33 heavy (non-hydrogen) atoms. The van der Waals surface area contributed by atoms with Crippen molar-refractivity contribution in [2.75, 3.05) is 0 Å². The van der Waals surface area contributed by atoms with Gasteiger partial charge in [-0.15, -0.1) is 0 Å². The van der Waals surface area contributed by atoms with Gasteiger partial charge < -0.3 is 19.9 Å². The van der Waals surface area contributed by atoms with Crippen LogP contribution in [0.3, 0.4) is 0 Å². The van der Waals surface area contributed by atoms with E-state index in [-0.39, 0.29) is 18.2 Å². The molecule has 2 atom stereocenters. The highest BCUT2D eigenvalue weighted by Gasteiger charge is 2.20. The van der Waals surface area contributed by atoms with Crippen LogP contribution in [-0.2, 0) is 4.79 Å². The third-order valence-electron chi connectivity index (χ3n) is 5.29. The molecule has 0 amide bonds. The molecule has 2 aromatic carbocycles. The van der Waals surface area contributed by atoms with Crippen molar-refractivity contribution < 1.29 is 24.5 Å². The summed E-state index contributed by atoms with van der Waals surface area (Å²) in [6.07, 6.45) is 0.565. The molecule has 0 bridgehead atoms. The van der Waals surface area contributed by atoms with E-state index in [0.717, 1.165) is 32.6 Å². The van der Waals surface area contributed by atoms with Crippen LogP contribution in [0.15, 0.2) is 65.1 Å². The Bertz CT molecular complexity index is 1140. The van der Waals surface area contributed by atoms with Gasteiger partial charge in [-0.2, -0.15) is 0 Å². The first-order chi connectivity index (χ1) is 15.7. The SMILES string of the molecule is CC(C)c1cc(-c2cccc(Br)c2)c(-c2ccc(F)cc2)n1/C=C/[C@@H](O)C[C@@H](O)CC(=O)O. The van der Waals surface area contributed by atoms with Crippen LogP contribution in [0.4, 0.5) is 4.39 Å². The molecular formula is C26H27BrFNO4. The second-order valence-electron chi connectivity index (χ2n) is 8.27. The van der Waals surface area contributed by atoms with Crippen molar-refractivity contribution in [1.29, 1.82) is 0 Å². The van der Waals surface area contributed by atoms with Crippen LogP contribution in [0, 0.1) is 5.82 Å². The zero-order chi connectivity index (χ0) is 24.1. The number of nitrogens with zero attached hydrogens (tertiary/aromatic N) is 1. The van der Waals surface area contributed by atoms with Crippen molar-refractivity contribution in [1.82, 2.24) is 4.57 Å². The third kappa shape index (κ3) is 6.41. The topological polar surface area (TPSA) is 82.7 Å². The lowest BCUT2D eigenvalue weighted by Gasteiger charge is -2.15. The average Bonchev–Trinajstić information content (AvgIpc) is 3.12. The van der Waals surface area contributed by atoms with Gasteiger partial charge in [0.1, 0.15) is 5.82 Å². The van der Waals surface area contributed by atoms with Crippen molar-refractivity contribution in [2.45, 2.75) is 44.8 Å². The van der Waals surface area contributed by atoms with Gasteiger partial charge in [-0.1, -0.05) is 41.9 Å². The first-order valence-electron chi connectivity index (χ1n) is 10.7. The van der Waals surface area contributed by atoms with Crippen LogP contribution in [0.1, 0.15) is 38.3 Å². The molecule has 174 valence electrons. The molecule has 0 unspecified atom stereocenters. The number of aliphatic hydroxyl groups excluding tert-OH is 2. The van der Waals surface area contributed by atoms with Crippen molar-refractivity contribution >= 4 is 28.1 Å². The van der Waals surface area contributed by atoms with E-state index >= 15 is 0 Å². The minimum atomic E-state index is -1.15. The summed E-state index contributed by atoms with van der Waals surface area (Å²) < 4.78 is 16.5. The fraction of sp³-hybridized carbons (Fsp3) is 0.269. The third-order valence-corrected chi connectivity index (χ3v) is 5.79. The molecule has 0 spiro atoms. The van der Waals surface area contributed by atoms with Crippen molar-refractivity contribution in [2.24, 2.45) is 0 Å². The van der Waals surface area contributed by atoms with Crippen molar-refractivity contribution in [3.05, 3.63) is 76.7 Å². The number of benzene rings is 2. The van der Waals surface area contributed by atoms with E-state index in [4.69, 9.17) is 5.11 Å². The molecule has 7 heteroatoms. The lowest BCUT2D eigenvalue weighted by molar-refractivity contribution is -0.139.